The molecule has 0 aliphatic carbocycles. The van der Waals surface area contributed by atoms with Crippen molar-refractivity contribution in [3.63, 3.8) is 0 Å². The summed E-state index contributed by atoms with van der Waals surface area (Å²) >= 11 is 0. The predicted molar refractivity (Wildman–Crippen MR) is 92.0 cm³/mol. The number of para-hydroxylation sites is 2. The lowest BCUT2D eigenvalue weighted by atomic mass is 10.3. The largest absolute Gasteiger partial charge is 0.453 e. The molecule has 0 atom stereocenters. The van der Waals surface area contributed by atoms with Crippen molar-refractivity contribution in [1.29, 1.82) is 10.5 Å². The van der Waals surface area contributed by atoms with Gasteiger partial charge in [-0.3, -0.25) is 0 Å². The van der Waals surface area contributed by atoms with Gasteiger partial charge in [0.15, 0.2) is 11.5 Å². The number of hydrogen-bond acceptors (Lipinski definition) is 6. The minimum Gasteiger partial charge on any atom is -0.453 e. The van der Waals surface area contributed by atoms with Crippen LogP contribution in [0.2, 0.25) is 0 Å². The number of hydrogen-bond donors (Lipinski definition) is 0. The molecule has 0 amide bonds. The molecule has 0 unspecified atom stereocenters. The minimum absolute atomic E-state index is 0.434. The monoisotopic (exact) mass is 344 g/mol. The van der Waals surface area contributed by atoms with E-state index in [2.05, 4.69) is 0 Å². The van der Waals surface area contributed by atoms with Crippen molar-refractivity contribution in [2.75, 3.05) is 0 Å². The maximum atomic E-state index is 8.50. The highest BCUT2D eigenvalue weighted by Crippen LogP contribution is 2.35. The van der Waals surface area contributed by atoms with E-state index in [1.807, 2.05) is 12.1 Å². The van der Waals surface area contributed by atoms with Gasteiger partial charge in [0.25, 0.3) is 12.5 Å². The highest BCUT2D eigenvalue weighted by Gasteiger charge is 2.08. The summed E-state index contributed by atoms with van der Waals surface area (Å²) in [5, 5.41) is 17.0. The third-order valence-electron chi connectivity index (χ3n) is 3.28. The Kier molecular flexibility index (Phi) is 5.19. The number of nitrogens with zero attached hydrogens (tertiary/aromatic N) is 2. The van der Waals surface area contributed by atoms with Crippen molar-refractivity contribution in [3.8, 4) is 47.0 Å². The van der Waals surface area contributed by atoms with Gasteiger partial charge in [-0.05, 0) is 60.7 Å². The Morgan fingerprint density at radius 3 is 1.19 bits per heavy atom. The van der Waals surface area contributed by atoms with Gasteiger partial charge in [0, 0.05) is 0 Å². The maximum absolute atomic E-state index is 8.50. The number of nitriles is 2. The van der Waals surface area contributed by atoms with Gasteiger partial charge >= 0.3 is 0 Å². The van der Waals surface area contributed by atoms with Crippen LogP contribution in [0.25, 0.3) is 0 Å². The van der Waals surface area contributed by atoms with Crippen molar-refractivity contribution in [3.05, 3.63) is 72.8 Å². The third kappa shape index (κ3) is 4.22. The first-order valence-electron chi connectivity index (χ1n) is 7.55. The van der Waals surface area contributed by atoms with E-state index in [-0.39, 0.29) is 0 Å². The van der Waals surface area contributed by atoms with E-state index >= 15 is 0 Å². The maximum Gasteiger partial charge on any atom is 0.292 e. The molecule has 3 rings (SSSR count). The summed E-state index contributed by atoms with van der Waals surface area (Å²) < 4.78 is 21.2. The molecule has 0 fully saturated rings. The van der Waals surface area contributed by atoms with Crippen LogP contribution in [0.5, 0.6) is 34.5 Å². The smallest absolute Gasteiger partial charge is 0.292 e. The number of benzene rings is 3. The highest BCUT2D eigenvalue weighted by molar-refractivity contribution is 5.46. The van der Waals surface area contributed by atoms with Gasteiger partial charge in [-0.15, -0.1) is 10.5 Å². The van der Waals surface area contributed by atoms with E-state index in [4.69, 9.17) is 29.5 Å². The Labute approximate surface area is 150 Å². The van der Waals surface area contributed by atoms with Gasteiger partial charge in [0.05, 0.1) is 0 Å². The van der Waals surface area contributed by atoms with Crippen molar-refractivity contribution in [1.82, 2.24) is 0 Å². The molecule has 0 radical (unpaired) electrons. The summed E-state index contributed by atoms with van der Waals surface area (Å²) in [7, 11) is 0. The van der Waals surface area contributed by atoms with Crippen molar-refractivity contribution in [2.45, 2.75) is 0 Å². The van der Waals surface area contributed by atoms with E-state index in [0.29, 0.717) is 34.5 Å². The summed E-state index contributed by atoms with van der Waals surface area (Å²) in [5.74, 6) is 3.07. The van der Waals surface area contributed by atoms with Gasteiger partial charge in [0.1, 0.15) is 23.0 Å². The number of ether oxygens (including phenoxy) is 4. The first-order valence-corrected chi connectivity index (χ1v) is 7.55. The first kappa shape index (κ1) is 16.7. The average molecular weight is 344 g/mol. The van der Waals surface area contributed by atoms with Gasteiger partial charge in [-0.25, -0.2) is 0 Å². The lowest BCUT2D eigenvalue weighted by molar-refractivity contribution is 0.417. The van der Waals surface area contributed by atoms with E-state index in [1.165, 1.54) is 0 Å². The lowest BCUT2D eigenvalue weighted by Gasteiger charge is -2.12. The summed E-state index contributed by atoms with van der Waals surface area (Å²) in [6, 6.07) is 20.5. The normalized spacial score (nSPS) is 9.46. The number of rotatable bonds is 6. The first-order chi connectivity index (χ1) is 12.8. The van der Waals surface area contributed by atoms with Crippen molar-refractivity contribution < 1.29 is 18.9 Å². The minimum atomic E-state index is 0.434. The van der Waals surface area contributed by atoms with Crippen molar-refractivity contribution >= 4 is 0 Å². The molecule has 0 aromatic heterocycles. The Morgan fingerprint density at radius 2 is 0.846 bits per heavy atom. The Balaban J connectivity index is 1.75. The third-order valence-corrected chi connectivity index (χ3v) is 3.28. The van der Waals surface area contributed by atoms with Crippen LogP contribution in [-0.4, -0.2) is 0 Å². The molecular formula is C20H12N2O4. The Hall–Kier alpha value is -4.16. The molecule has 126 valence electrons. The molecule has 0 aliphatic heterocycles. The SMILES string of the molecule is N#COc1ccc(Oc2ccccc2Oc2ccc(OC#N)cc2)cc1. The molecule has 3 aromatic carbocycles. The molecule has 0 N–H and O–H groups in total. The van der Waals surface area contributed by atoms with Crippen LogP contribution in [0.3, 0.4) is 0 Å². The molecule has 0 heterocycles. The molecule has 0 spiro atoms. The van der Waals surface area contributed by atoms with E-state index < -0.39 is 0 Å². The lowest BCUT2D eigenvalue weighted by Crippen LogP contribution is -1.91. The fourth-order valence-electron chi connectivity index (χ4n) is 2.13. The van der Waals surface area contributed by atoms with E-state index in [9.17, 15) is 0 Å². The second kappa shape index (κ2) is 8.09. The highest BCUT2D eigenvalue weighted by atomic mass is 16.5. The van der Waals surface area contributed by atoms with Crippen LogP contribution in [-0.2, 0) is 0 Å². The fourth-order valence-corrected chi connectivity index (χ4v) is 2.13. The fraction of sp³-hybridized carbons (Fsp3) is 0. The second-order valence-corrected chi connectivity index (χ2v) is 4.98. The molecule has 0 saturated carbocycles. The van der Waals surface area contributed by atoms with E-state index in [0.717, 1.165) is 0 Å². The molecule has 0 aliphatic rings. The summed E-state index contributed by atoms with van der Waals surface area (Å²) in [6.07, 6.45) is 3.23. The van der Waals surface area contributed by atoms with Gasteiger partial charge < -0.3 is 18.9 Å². The van der Waals surface area contributed by atoms with Crippen LogP contribution >= 0.6 is 0 Å². The summed E-state index contributed by atoms with van der Waals surface area (Å²) in [4.78, 5) is 0. The topological polar surface area (TPSA) is 84.5 Å². The van der Waals surface area contributed by atoms with E-state index in [1.54, 1.807) is 73.2 Å². The second-order valence-electron chi connectivity index (χ2n) is 4.98. The van der Waals surface area contributed by atoms with Crippen LogP contribution in [0.1, 0.15) is 0 Å². The molecule has 0 saturated heterocycles. The molecular weight excluding hydrogens is 332 g/mol. The molecule has 6 heteroatoms. The predicted octanol–water partition coefficient (Wildman–Crippen LogP) is 4.99. The van der Waals surface area contributed by atoms with Gasteiger partial charge in [-0.1, -0.05) is 12.1 Å². The molecule has 3 aromatic rings. The molecule has 26 heavy (non-hydrogen) atoms. The van der Waals surface area contributed by atoms with Crippen molar-refractivity contribution in [2.24, 2.45) is 0 Å². The van der Waals surface area contributed by atoms with Crippen LogP contribution in [0.4, 0.5) is 0 Å². The van der Waals surface area contributed by atoms with Gasteiger partial charge in [0.2, 0.25) is 0 Å². The van der Waals surface area contributed by atoms with Crippen LogP contribution in [0, 0.1) is 23.0 Å². The van der Waals surface area contributed by atoms with Crippen LogP contribution in [0.15, 0.2) is 72.8 Å². The standard InChI is InChI=1S/C20H12N2O4/c21-13-23-15-5-9-17(10-6-15)25-19-3-1-2-4-20(19)26-18-11-7-16(8-12-18)24-14-22/h1-12H. The summed E-state index contributed by atoms with van der Waals surface area (Å²) in [6.45, 7) is 0. The Bertz CT molecular complexity index is 874. The van der Waals surface area contributed by atoms with Crippen LogP contribution < -0.4 is 18.9 Å². The van der Waals surface area contributed by atoms with Gasteiger partial charge in [-0.2, -0.15) is 0 Å². The molecule has 0 bridgehead atoms. The molecule has 6 nitrogen and oxygen atoms in total. The summed E-state index contributed by atoms with van der Waals surface area (Å²) in [5.41, 5.74) is 0. The zero-order valence-electron chi connectivity index (χ0n) is 13.5. The quantitative estimate of drug-likeness (QED) is 0.586. The average Bonchev–Trinajstić information content (AvgIpc) is 2.67. The Morgan fingerprint density at radius 1 is 0.500 bits per heavy atom. The zero-order valence-corrected chi connectivity index (χ0v) is 13.5. The zero-order chi connectivity index (χ0) is 18.2.